The van der Waals surface area contributed by atoms with E-state index in [1.807, 2.05) is 25.1 Å². The molecule has 1 aromatic heterocycles. The number of ketones is 1. The second kappa shape index (κ2) is 9.72. The highest BCUT2D eigenvalue weighted by Gasteiger charge is 2.15. The molecule has 0 aliphatic carbocycles. The number of Topliss-reactive ketones (excluding diaryl/α,β-unsaturated/α-hetero) is 1. The first-order valence-corrected chi connectivity index (χ1v) is 9.45. The van der Waals surface area contributed by atoms with E-state index in [9.17, 15) is 4.79 Å². The van der Waals surface area contributed by atoms with Crippen molar-refractivity contribution in [2.24, 2.45) is 11.7 Å². The molecule has 2 atom stereocenters. The molecule has 0 aliphatic rings. The number of thiophene rings is 1. The van der Waals surface area contributed by atoms with E-state index in [2.05, 4.69) is 24.3 Å². The lowest BCUT2D eigenvalue weighted by atomic mass is 10.0. The molecule has 0 fully saturated rings. The van der Waals surface area contributed by atoms with Crippen molar-refractivity contribution >= 4 is 17.1 Å². The molecule has 0 amide bonds. The van der Waals surface area contributed by atoms with Gasteiger partial charge in [-0.3, -0.25) is 4.79 Å². The van der Waals surface area contributed by atoms with Gasteiger partial charge < -0.3 is 10.8 Å². The van der Waals surface area contributed by atoms with Crippen LogP contribution in [0.2, 0.25) is 0 Å². The molecule has 1 unspecified atom stereocenters. The van der Waals surface area contributed by atoms with Crippen LogP contribution in [-0.4, -0.2) is 17.5 Å². The first-order chi connectivity index (χ1) is 11.6. The van der Waals surface area contributed by atoms with Crippen molar-refractivity contribution in [2.75, 3.05) is 6.61 Å². The summed E-state index contributed by atoms with van der Waals surface area (Å²) in [6.07, 6.45) is 4.29. The molecule has 3 N–H and O–H groups in total. The Kier molecular flexibility index (Phi) is 7.63. The fourth-order valence-corrected chi connectivity index (χ4v) is 3.70. The molecule has 4 heteroatoms. The summed E-state index contributed by atoms with van der Waals surface area (Å²) in [7, 11) is 0. The lowest BCUT2D eigenvalue weighted by Crippen LogP contribution is -2.14. The maximum atomic E-state index is 12.3. The Bertz CT molecular complexity index is 624. The van der Waals surface area contributed by atoms with Gasteiger partial charge in [0.2, 0.25) is 0 Å². The minimum atomic E-state index is -0.100. The molecule has 0 saturated heterocycles. The zero-order valence-electron chi connectivity index (χ0n) is 14.3. The van der Waals surface area contributed by atoms with E-state index in [0.29, 0.717) is 6.42 Å². The SMILES string of the molecule is C[C@@H](CO)CC(N)c1ccc(C(=O)CCCCc2ccccc2)s1. The minimum absolute atomic E-state index is 0.100. The second-order valence-corrected chi connectivity index (χ2v) is 7.56. The summed E-state index contributed by atoms with van der Waals surface area (Å²) in [6.45, 7) is 2.12. The number of aliphatic hydroxyl groups excluding tert-OH is 1. The monoisotopic (exact) mass is 345 g/mol. The predicted molar refractivity (Wildman–Crippen MR) is 100 cm³/mol. The summed E-state index contributed by atoms with van der Waals surface area (Å²) in [5, 5.41) is 9.12. The number of carbonyl (C=O) groups is 1. The Morgan fingerprint density at radius 3 is 2.62 bits per heavy atom. The van der Waals surface area contributed by atoms with Crippen LogP contribution in [0.5, 0.6) is 0 Å². The molecular weight excluding hydrogens is 318 g/mol. The zero-order chi connectivity index (χ0) is 17.4. The highest BCUT2D eigenvalue weighted by Crippen LogP contribution is 2.27. The third kappa shape index (κ3) is 5.86. The number of benzene rings is 1. The Hall–Kier alpha value is -1.49. The topological polar surface area (TPSA) is 63.3 Å². The van der Waals surface area contributed by atoms with Gasteiger partial charge >= 0.3 is 0 Å². The third-order valence-electron chi connectivity index (χ3n) is 4.20. The summed E-state index contributed by atoms with van der Waals surface area (Å²) in [6, 6.07) is 14.1. The molecule has 1 heterocycles. The molecule has 0 bridgehead atoms. The maximum absolute atomic E-state index is 12.3. The van der Waals surface area contributed by atoms with Gasteiger partial charge in [-0.15, -0.1) is 11.3 Å². The van der Waals surface area contributed by atoms with Crippen LogP contribution in [0.4, 0.5) is 0 Å². The standard InChI is InChI=1S/C20H27NO2S/c1-15(14-22)13-17(21)19-11-12-20(24-19)18(23)10-6-5-9-16-7-3-2-4-8-16/h2-4,7-8,11-12,15,17,22H,5-6,9-10,13-14,21H2,1H3/t15-,17?/m1/s1. The van der Waals surface area contributed by atoms with E-state index >= 15 is 0 Å². The lowest BCUT2D eigenvalue weighted by molar-refractivity contribution is 0.0983. The smallest absolute Gasteiger partial charge is 0.172 e. The van der Waals surface area contributed by atoms with E-state index in [-0.39, 0.29) is 24.3 Å². The fraction of sp³-hybridized carbons (Fsp3) is 0.450. The van der Waals surface area contributed by atoms with Crippen molar-refractivity contribution in [1.82, 2.24) is 0 Å². The van der Waals surface area contributed by atoms with E-state index in [0.717, 1.165) is 35.4 Å². The number of aliphatic hydroxyl groups is 1. The van der Waals surface area contributed by atoms with Gasteiger partial charge in [0.1, 0.15) is 0 Å². The van der Waals surface area contributed by atoms with Gasteiger partial charge in [0.25, 0.3) is 0 Å². The predicted octanol–water partition coefficient (Wildman–Crippen LogP) is 4.36. The maximum Gasteiger partial charge on any atom is 0.172 e. The molecular formula is C20H27NO2S. The number of hydrogen-bond donors (Lipinski definition) is 2. The van der Waals surface area contributed by atoms with Gasteiger partial charge in [-0.25, -0.2) is 0 Å². The average molecular weight is 346 g/mol. The molecule has 130 valence electrons. The molecule has 2 rings (SSSR count). The van der Waals surface area contributed by atoms with Crippen molar-refractivity contribution in [1.29, 1.82) is 0 Å². The van der Waals surface area contributed by atoms with E-state index in [4.69, 9.17) is 10.8 Å². The van der Waals surface area contributed by atoms with Crippen molar-refractivity contribution in [3.8, 4) is 0 Å². The number of hydrogen-bond acceptors (Lipinski definition) is 4. The van der Waals surface area contributed by atoms with Crippen LogP contribution in [0, 0.1) is 5.92 Å². The largest absolute Gasteiger partial charge is 0.396 e. The van der Waals surface area contributed by atoms with Crippen LogP contribution in [-0.2, 0) is 6.42 Å². The fourth-order valence-electron chi connectivity index (χ4n) is 2.71. The summed E-state index contributed by atoms with van der Waals surface area (Å²) in [5.41, 5.74) is 7.49. The van der Waals surface area contributed by atoms with Gasteiger partial charge in [-0.2, -0.15) is 0 Å². The van der Waals surface area contributed by atoms with Crippen LogP contribution >= 0.6 is 11.3 Å². The van der Waals surface area contributed by atoms with E-state index in [1.54, 1.807) is 0 Å². The number of unbranched alkanes of at least 4 members (excludes halogenated alkanes) is 1. The highest BCUT2D eigenvalue weighted by molar-refractivity contribution is 7.14. The Morgan fingerprint density at radius 1 is 1.17 bits per heavy atom. The second-order valence-electron chi connectivity index (χ2n) is 6.45. The first kappa shape index (κ1) is 18.8. The lowest BCUT2D eigenvalue weighted by Gasteiger charge is -2.13. The molecule has 2 aromatic rings. The molecule has 3 nitrogen and oxygen atoms in total. The summed E-state index contributed by atoms with van der Waals surface area (Å²) < 4.78 is 0. The quantitative estimate of drug-likeness (QED) is 0.497. The van der Waals surface area contributed by atoms with Crippen LogP contribution in [0.3, 0.4) is 0 Å². The molecule has 24 heavy (non-hydrogen) atoms. The van der Waals surface area contributed by atoms with Crippen LogP contribution in [0.1, 0.15) is 58.8 Å². The zero-order valence-corrected chi connectivity index (χ0v) is 15.1. The molecule has 1 aromatic carbocycles. The van der Waals surface area contributed by atoms with Crippen molar-refractivity contribution in [2.45, 2.75) is 45.1 Å². The molecule has 0 saturated carbocycles. The van der Waals surface area contributed by atoms with Crippen molar-refractivity contribution in [3.63, 3.8) is 0 Å². The van der Waals surface area contributed by atoms with E-state index < -0.39 is 0 Å². The Balaban J connectivity index is 1.76. The molecule has 0 aliphatic heterocycles. The van der Waals surface area contributed by atoms with Gasteiger partial charge in [-0.05, 0) is 49.3 Å². The van der Waals surface area contributed by atoms with Crippen LogP contribution in [0.25, 0.3) is 0 Å². The summed E-state index contributed by atoms with van der Waals surface area (Å²) in [5.74, 6) is 0.390. The Labute approximate surface area is 148 Å². The molecule has 0 spiro atoms. The highest BCUT2D eigenvalue weighted by atomic mass is 32.1. The van der Waals surface area contributed by atoms with Gasteiger partial charge in [0.05, 0.1) is 4.88 Å². The number of aryl methyl sites for hydroxylation is 1. The van der Waals surface area contributed by atoms with Gasteiger partial charge in [0, 0.05) is 23.9 Å². The average Bonchev–Trinajstić information content (AvgIpc) is 3.09. The van der Waals surface area contributed by atoms with Gasteiger partial charge in [0.15, 0.2) is 5.78 Å². The van der Waals surface area contributed by atoms with Gasteiger partial charge in [-0.1, -0.05) is 37.3 Å². The third-order valence-corrected chi connectivity index (χ3v) is 5.46. The normalized spacial score (nSPS) is 13.6. The minimum Gasteiger partial charge on any atom is -0.396 e. The molecule has 0 radical (unpaired) electrons. The van der Waals surface area contributed by atoms with E-state index in [1.165, 1.54) is 16.9 Å². The Morgan fingerprint density at radius 2 is 1.92 bits per heavy atom. The van der Waals surface area contributed by atoms with Crippen molar-refractivity contribution < 1.29 is 9.90 Å². The summed E-state index contributed by atoms with van der Waals surface area (Å²) >= 11 is 1.50. The van der Waals surface area contributed by atoms with Crippen LogP contribution < -0.4 is 5.73 Å². The number of carbonyl (C=O) groups excluding carboxylic acids is 1. The first-order valence-electron chi connectivity index (χ1n) is 8.63. The summed E-state index contributed by atoms with van der Waals surface area (Å²) in [4.78, 5) is 14.1. The number of rotatable bonds is 10. The number of nitrogens with two attached hydrogens (primary N) is 1. The van der Waals surface area contributed by atoms with Crippen molar-refractivity contribution in [3.05, 3.63) is 57.8 Å². The van der Waals surface area contributed by atoms with Crippen LogP contribution in [0.15, 0.2) is 42.5 Å².